The molecule has 0 aliphatic carbocycles. The number of nitrogens with one attached hydrogen (secondary N) is 1. The molecule has 2 aliphatic heterocycles. The summed E-state index contributed by atoms with van der Waals surface area (Å²) >= 11 is 6.94. The van der Waals surface area contributed by atoms with Crippen LogP contribution in [0.3, 0.4) is 0 Å². The van der Waals surface area contributed by atoms with E-state index in [9.17, 15) is 4.79 Å². The number of hydrogen-bond acceptors (Lipinski definition) is 5. The predicted octanol–water partition coefficient (Wildman–Crippen LogP) is 3.21. The average molecular weight is 394 g/mol. The van der Waals surface area contributed by atoms with Crippen molar-refractivity contribution in [3.8, 4) is 0 Å². The Morgan fingerprint density at radius 3 is 2.50 bits per heavy atom. The minimum atomic E-state index is -0.0122. The van der Waals surface area contributed by atoms with Gasteiger partial charge in [0.05, 0.1) is 19.0 Å². The van der Waals surface area contributed by atoms with E-state index in [1.165, 1.54) is 30.3 Å². The second-order valence-corrected chi connectivity index (χ2v) is 8.53. The lowest BCUT2D eigenvalue weighted by Gasteiger charge is -2.31. The molecule has 0 saturated carbocycles. The molecule has 7 heteroatoms. The van der Waals surface area contributed by atoms with Crippen LogP contribution < -0.4 is 10.2 Å². The summed E-state index contributed by atoms with van der Waals surface area (Å²) in [6.07, 6.45) is 2.37. The van der Waals surface area contributed by atoms with Gasteiger partial charge in [0, 0.05) is 37.6 Å². The zero-order valence-electron chi connectivity index (χ0n) is 15.3. The molecule has 0 aromatic heterocycles. The van der Waals surface area contributed by atoms with Crippen molar-refractivity contribution in [2.75, 3.05) is 55.4 Å². The molecule has 5 nitrogen and oxygen atoms in total. The van der Waals surface area contributed by atoms with Crippen molar-refractivity contribution < 1.29 is 9.53 Å². The largest absolute Gasteiger partial charge is 0.378 e. The molecule has 26 heavy (non-hydrogen) atoms. The highest BCUT2D eigenvalue weighted by Gasteiger charge is 2.19. The smallest absolute Gasteiger partial charge is 0.234 e. The van der Waals surface area contributed by atoms with Gasteiger partial charge in [-0.15, -0.1) is 0 Å². The van der Waals surface area contributed by atoms with Crippen LogP contribution >= 0.6 is 24.0 Å². The maximum absolute atomic E-state index is 12.2. The Kier molecular flexibility index (Phi) is 7.16. The van der Waals surface area contributed by atoms with Crippen molar-refractivity contribution in [3.63, 3.8) is 0 Å². The molecule has 0 radical (unpaired) electrons. The fraction of sp³-hybridized carbons (Fsp3) is 0.579. The Morgan fingerprint density at radius 1 is 1.19 bits per heavy atom. The zero-order chi connectivity index (χ0) is 18.4. The molecule has 3 rings (SSSR count). The number of thioether (sulfide) groups is 1. The van der Waals surface area contributed by atoms with Gasteiger partial charge in [0.2, 0.25) is 5.91 Å². The fourth-order valence-electron chi connectivity index (χ4n) is 3.18. The van der Waals surface area contributed by atoms with Gasteiger partial charge in [0.15, 0.2) is 0 Å². The number of carbonyl (C=O) groups excluding carboxylic acids is 1. The number of anilines is 2. The van der Waals surface area contributed by atoms with Crippen molar-refractivity contribution >= 4 is 45.6 Å². The van der Waals surface area contributed by atoms with Gasteiger partial charge < -0.3 is 19.9 Å². The van der Waals surface area contributed by atoms with Crippen LogP contribution in [0.5, 0.6) is 0 Å². The first-order chi connectivity index (χ1) is 12.6. The minimum absolute atomic E-state index is 0.0122. The van der Waals surface area contributed by atoms with Gasteiger partial charge >= 0.3 is 0 Å². The van der Waals surface area contributed by atoms with E-state index >= 15 is 0 Å². The fourth-order valence-corrected chi connectivity index (χ4v) is 4.24. The third-order valence-corrected chi connectivity index (χ3v) is 6.42. The summed E-state index contributed by atoms with van der Waals surface area (Å²) in [5, 5.41) is 2.96. The number of morpholine rings is 1. The van der Waals surface area contributed by atoms with Crippen LogP contribution in [0.2, 0.25) is 0 Å². The first kappa shape index (κ1) is 19.5. The molecule has 2 aliphatic rings. The van der Waals surface area contributed by atoms with Crippen LogP contribution in [0.1, 0.15) is 19.8 Å². The Bertz CT molecular complexity index is 610. The first-order valence-electron chi connectivity index (χ1n) is 9.26. The molecule has 0 bridgehead atoms. The van der Waals surface area contributed by atoms with Gasteiger partial charge in [0.25, 0.3) is 0 Å². The number of amides is 1. The number of thiocarbonyl (C=S) groups is 1. The molecule has 0 spiro atoms. The molecule has 0 atom stereocenters. The quantitative estimate of drug-likeness (QED) is 0.793. The van der Waals surface area contributed by atoms with Gasteiger partial charge in [-0.3, -0.25) is 4.79 Å². The minimum Gasteiger partial charge on any atom is -0.378 e. The zero-order valence-corrected chi connectivity index (χ0v) is 16.9. The lowest BCUT2D eigenvalue weighted by molar-refractivity contribution is -0.113. The number of nitrogens with zero attached hydrogens (tertiary/aromatic N) is 2. The third kappa shape index (κ3) is 5.59. The summed E-state index contributed by atoms with van der Waals surface area (Å²) in [4.78, 5) is 16.7. The van der Waals surface area contributed by atoms with E-state index in [2.05, 4.69) is 22.0 Å². The highest BCUT2D eigenvalue weighted by Crippen LogP contribution is 2.21. The van der Waals surface area contributed by atoms with Crippen molar-refractivity contribution in [2.24, 2.45) is 5.92 Å². The van der Waals surface area contributed by atoms with Gasteiger partial charge in [-0.05, 0) is 43.0 Å². The van der Waals surface area contributed by atoms with Crippen LogP contribution in [0.25, 0.3) is 0 Å². The van der Waals surface area contributed by atoms with Crippen LogP contribution in [-0.2, 0) is 9.53 Å². The summed E-state index contributed by atoms with van der Waals surface area (Å²) in [6, 6.07) is 8.01. The van der Waals surface area contributed by atoms with Crippen molar-refractivity contribution in [3.05, 3.63) is 24.3 Å². The molecular formula is C19H27N3O2S2. The van der Waals surface area contributed by atoms with Crippen molar-refractivity contribution in [1.29, 1.82) is 0 Å². The molecule has 1 aromatic carbocycles. The van der Waals surface area contributed by atoms with Gasteiger partial charge in [-0.1, -0.05) is 30.9 Å². The van der Waals surface area contributed by atoms with Crippen molar-refractivity contribution in [2.45, 2.75) is 19.8 Å². The number of carbonyl (C=O) groups is 1. The highest BCUT2D eigenvalue weighted by atomic mass is 32.2. The highest BCUT2D eigenvalue weighted by molar-refractivity contribution is 8.23. The first-order valence-corrected chi connectivity index (χ1v) is 10.7. The van der Waals surface area contributed by atoms with E-state index < -0.39 is 0 Å². The summed E-state index contributed by atoms with van der Waals surface area (Å²) in [7, 11) is 0. The normalized spacial score (nSPS) is 18.7. The standard InChI is InChI=1S/C19H27N3O2S2/c1-15-6-8-22(9-7-15)19(25)26-14-18(23)20-16-2-4-17(5-3-16)21-10-12-24-13-11-21/h2-5,15H,6-14H2,1H3,(H,20,23). The molecule has 142 valence electrons. The number of likely N-dealkylation sites (tertiary alicyclic amines) is 1. The molecule has 0 unspecified atom stereocenters. The molecule has 1 amide bonds. The number of ether oxygens (including phenoxy) is 1. The Balaban J connectivity index is 1.42. The SMILES string of the molecule is CC1CCN(C(=S)SCC(=O)Nc2ccc(N3CCOCC3)cc2)CC1. The number of piperidine rings is 1. The van der Waals surface area contributed by atoms with Gasteiger partial charge in [-0.2, -0.15) is 0 Å². The Labute approximate surface area is 165 Å². The number of benzene rings is 1. The lowest BCUT2D eigenvalue weighted by Crippen LogP contribution is -2.36. The van der Waals surface area contributed by atoms with E-state index in [-0.39, 0.29) is 5.91 Å². The maximum atomic E-state index is 12.2. The van der Waals surface area contributed by atoms with Crippen LogP contribution in [0, 0.1) is 5.92 Å². The summed E-state index contributed by atoms with van der Waals surface area (Å²) < 4.78 is 6.22. The van der Waals surface area contributed by atoms with Gasteiger partial charge in [0.1, 0.15) is 4.32 Å². The second-order valence-electron chi connectivity index (χ2n) is 6.92. The lowest BCUT2D eigenvalue weighted by atomic mass is 10.00. The van der Waals surface area contributed by atoms with E-state index in [4.69, 9.17) is 17.0 Å². The molecule has 1 N–H and O–H groups in total. The second kappa shape index (κ2) is 9.58. The van der Waals surface area contributed by atoms with E-state index in [1.807, 2.05) is 24.3 Å². The molecular weight excluding hydrogens is 366 g/mol. The molecule has 2 fully saturated rings. The van der Waals surface area contributed by atoms with Gasteiger partial charge in [-0.25, -0.2) is 0 Å². The van der Waals surface area contributed by atoms with Crippen LogP contribution in [0.15, 0.2) is 24.3 Å². The summed E-state index contributed by atoms with van der Waals surface area (Å²) in [5.74, 6) is 1.13. The molecule has 2 heterocycles. The van der Waals surface area contributed by atoms with Crippen LogP contribution in [-0.4, -0.2) is 60.3 Å². The molecule has 1 aromatic rings. The average Bonchev–Trinajstić information content (AvgIpc) is 2.68. The monoisotopic (exact) mass is 393 g/mol. The predicted molar refractivity (Wildman–Crippen MR) is 113 cm³/mol. The topological polar surface area (TPSA) is 44.8 Å². The van der Waals surface area contributed by atoms with E-state index in [0.29, 0.717) is 5.75 Å². The summed E-state index contributed by atoms with van der Waals surface area (Å²) in [5.41, 5.74) is 1.99. The van der Waals surface area contributed by atoms with E-state index in [1.54, 1.807) is 0 Å². The van der Waals surface area contributed by atoms with Crippen LogP contribution in [0.4, 0.5) is 11.4 Å². The Hall–Kier alpha value is -1.31. The van der Waals surface area contributed by atoms with E-state index in [0.717, 1.165) is 55.3 Å². The number of hydrogen-bond donors (Lipinski definition) is 1. The third-order valence-electron chi connectivity index (χ3n) is 4.90. The maximum Gasteiger partial charge on any atom is 0.234 e. The molecule has 2 saturated heterocycles. The van der Waals surface area contributed by atoms with Crippen molar-refractivity contribution in [1.82, 2.24) is 4.90 Å². The summed E-state index contributed by atoms with van der Waals surface area (Å²) in [6.45, 7) is 7.67. The Morgan fingerprint density at radius 2 is 1.85 bits per heavy atom. The number of rotatable bonds is 4.